The van der Waals surface area contributed by atoms with Crippen molar-refractivity contribution in [2.45, 2.75) is 75.7 Å². The van der Waals surface area contributed by atoms with Crippen LogP contribution in [0.2, 0.25) is 5.02 Å². The molecule has 2 atom stereocenters. The number of nitro benzene ring substituents is 1. The summed E-state index contributed by atoms with van der Waals surface area (Å²) < 4.78 is 72.5. The summed E-state index contributed by atoms with van der Waals surface area (Å²) in [6.45, 7) is 9.92. The molecule has 2 aromatic heterocycles. The Morgan fingerprint density at radius 2 is 1.76 bits per heavy atom. The first-order valence-corrected chi connectivity index (χ1v) is 25.9. The molecule has 370 valence electrons. The number of amides is 1. The van der Waals surface area contributed by atoms with E-state index in [4.69, 9.17) is 26.1 Å². The Kier molecular flexibility index (Phi) is 13.0. The highest BCUT2D eigenvalue weighted by atomic mass is 35.5. The number of anilines is 4. The van der Waals surface area contributed by atoms with Crippen LogP contribution in [0.5, 0.6) is 5.88 Å². The molecule has 0 radical (unpaired) electrons. The predicted octanol–water partition coefficient (Wildman–Crippen LogP) is 9.81. The number of benzene rings is 3. The molecule has 0 unspecified atom stereocenters. The fourth-order valence-electron chi connectivity index (χ4n) is 10.8. The van der Waals surface area contributed by atoms with Gasteiger partial charge in [-0.2, -0.15) is 4.98 Å². The number of pyridine rings is 1. The zero-order chi connectivity index (χ0) is 49.0. The van der Waals surface area contributed by atoms with Crippen molar-refractivity contribution in [3.8, 4) is 5.88 Å². The number of rotatable bonds is 12. The molecule has 3 aromatic carbocycles. The summed E-state index contributed by atoms with van der Waals surface area (Å²) in [5, 5.41) is 16.8. The predicted molar refractivity (Wildman–Crippen MR) is 266 cm³/mol. The van der Waals surface area contributed by atoms with Gasteiger partial charge in [0.25, 0.3) is 27.5 Å². The minimum atomic E-state index is -4.69. The molecule has 2 aliphatic carbocycles. The van der Waals surface area contributed by atoms with Gasteiger partial charge in [0, 0.05) is 106 Å². The van der Waals surface area contributed by atoms with E-state index in [0.717, 1.165) is 63.5 Å². The monoisotopic (exact) mass is 998 g/mol. The van der Waals surface area contributed by atoms with E-state index in [9.17, 15) is 23.3 Å². The zero-order valence-electron chi connectivity index (χ0n) is 39.2. The number of hydrogen-bond acceptors (Lipinski definition) is 12. The van der Waals surface area contributed by atoms with Gasteiger partial charge in [-0.05, 0) is 109 Å². The van der Waals surface area contributed by atoms with Gasteiger partial charge in [-0.15, -0.1) is 0 Å². The van der Waals surface area contributed by atoms with E-state index in [1.54, 1.807) is 23.2 Å². The summed E-state index contributed by atoms with van der Waals surface area (Å²) in [7, 11) is -4.69. The molecule has 0 spiro atoms. The Balaban J connectivity index is 0.962. The van der Waals surface area contributed by atoms with E-state index < -0.39 is 62.2 Å². The highest BCUT2D eigenvalue weighted by Gasteiger charge is 2.50. The number of nitrogens with zero attached hydrogens (tertiary/aromatic N) is 5. The number of piperazine rings is 1. The maximum Gasteiger partial charge on any atom is 0.293 e. The van der Waals surface area contributed by atoms with Gasteiger partial charge in [0.15, 0.2) is 0 Å². The van der Waals surface area contributed by atoms with Crippen LogP contribution < -0.4 is 24.6 Å². The average Bonchev–Trinajstić information content (AvgIpc) is 3.88. The van der Waals surface area contributed by atoms with Crippen molar-refractivity contribution in [3.63, 3.8) is 0 Å². The number of carbonyl (C=O) groups excluding carboxylic acids is 1. The summed E-state index contributed by atoms with van der Waals surface area (Å²) in [5.41, 5.74) is 5.77. The molecule has 1 saturated carbocycles. The van der Waals surface area contributed by atoms with Crippen LogP contribution in [-0.4, -0.2) is 105 Å². The molecule has 5 aromatic rings. The third-order valence-electron chi connectivity index (χ3n) is 14.7. The Bertz CT molecular complexity index is 2950. The highest BCUT2D eigenvalue weighted by Crippen LogP contribution is 2.49. The van der Waals surface area contributed by atoms with Crippen LogP contribution in [0.3, 0.4) is 0 Å². The lowest BCUT2D eigenvalue weighted by Crippen LogP contribution is -2.47. The van der Waals surface area contributed by atoms with E-state index in [-0.39, 0.29) is 40.7 Å². The minimum absolute atomic E-state index is 0.0194. The summed E-state index contributed by atoms with van der Waals surface area (Å²) >= 11 is 6.28. The van der Waals surface area contributed by atoms with Crippen molar-refractivity contribution in [1.82, 2.24) is 19.6 Å². The second-order valence-corrected chi connectivity index (χ2v) is 22.3. The fourth-order valence-corrected chi connectivity index (χ4v) is 11.9. The van der Waals surface area contributed by atoms with Gasteiger partial charge in [0.2, 0.25) is 5.88 Å². The maximum atomic E-state index is 15.2. The molecule has 3 N–H and O–H groups in total. The molecule has 70 heavy (non-hydrogen) atoms. The molecule has 19 heteroatoms. The summed E-state index contributed by atoms with van der Waals surface area (Å²) in [4.78, 5) is 39.9. The summed E-state index contributed by atoms with van der Waals surface area (Å²) in [6, 6.07) is 20.4. The number of nitro groups is 1. The largest absolute Gasteiger partial charge is 0.472 e. The molecule has 1 amide bonds. The second-order valence-electron chi connectivity index (χ2n) is 20.2. The van der Waals surface area contributed by atoms with Crippen LogP contribution in [0.4, 0.5) is 37.2 Å². The number of hydrogen-bond donors (Lipinski definition) is 3. The van der Waals surface area contributed by atoms with Crippen molar-refractivity contribution in [1.29, 1.82) is 0 Å². The molecule has 10 rings (SSSR count). The van der Waals surface area contributed by atoms with Gasteiger partial charge in [-0.1, -0.05) is 43.2 Å². The Labute approximate surface area is 410 Å². The lowest BCUT2D eigenvalue weighted by atomic mass is 9.72. The maximum absolute atomic E-state index is 15.2. The number of halogens is 3. The van der Waals surface area contributed by atoms with Gasteiger partial charge < -0.3 is 29.6 Å². The van der Waals surface area contributed by atoms with Gasteiger partial charge in [-0.3, -0.25) is 19.8 Å². The molecule has 3 fully saturated rings. The number of aromatic amines is 1. The number of nitrogens with one attached hydrogen (secondary N) is 3. The van der Waals surface area contributed by atoms with Crippen molar-refractivity contribution in [2.24, 2.45) is 17.3 Å². The minimum Gasteiger partial charge on any atom is -0.472 e. The van der Waals surface area contributed by atoms with Crippen LogP contribution in [-0.2, 0) is 14.8 Å². The van der Waals surface area contributed by atoms with Crippen molar-refractivity contribution in [2.75, 3.05) is 74.1 Å². The number of ether oxygens (including phenoxy) is 2. The molecule has 2 saturated heterocycles. The Hall–Kier alpha value is -5.82. The first-order valence-electron chi connectivity index (χ1n) is 24.0. The zero-order valence-corrected chi connectivity index (χ0v) is 40.8. The lowest BCUT2D eigenvalue weighted by molar-refractivity contribution is -0.384. The van der Waals surface area contributed by atoms with Crippen molar-refractivity contribution in [3.05, 3.63) is 111 Å². The van der Waals surface area contributed by atoms with E-state index in [0.29, 0.717) is 54.6 Å². The summed E-state index contributed by atoms with van der Waals surface area (Å²) in [6.07, 6.45) is 4.54. The lowest BCUT2D eigenvalue weighted by Gasteiger charge is -2.39. The van der Waals surface area contributed by atoms with Gasteiger partial charge in [0.1, 0.15) is 23.1 Å². The standard InChI is InChI=1S/C51H57ClF2N8O7S/c1-50(2)15-11-35(41(27-50)33-3-5-37(52)6-4-33)30-59-17-19-60(20-18-59)38-7-9-40(48(63)58-70(66,67)39-8-10-42(44(25-39)62(64)65)56-29-32-13-21-68-22-14-32)43(24-38)61-31-36-26-51(53,54)28-46(36)69-49-45(61)23-34-12-16-55-47(34)57-49/h3-10,12,16,23-25,32,36,46,56H,11,13-15,17-22,26-31H2,1-2H3,(H,55,57)(H,58,63)/t36-,46+/m1/s1. The number of aromatic nitrogens is 2. The Morgan fingerprint density at radius 1 is 0.986 bits per heavy atom. The molecular formula is C51H57ClF2N8O7S. The molecule has 5 heterocycles. The molecule has 3 aliphatic heterocycles. The number of carbonyl (C=O) groups is 1. The van der Waals surface area contributed by atoms with Crippen LogP contribution in [0.1, 0.15) is 74.7 Å². The number of allylic oxidation sites excluding steroid dienone is 1. The van der Waals surface area contributed by atoms with Crippen LogP contribution >= 0.6 is 11.6 Å². The average molecular weight is 1000 g/mol. The Morgan fingerprint density at radius 3 is 2.51 bits per heavy atom. The summed E-state index contributed by atoms with van der Waals surface area (Å²) in [5.74, 6) is -4.34. The van der Waals surface area contributed by atoms with Crippen molar-refractivity contribution >= 4 is 72.6 Å². The number of fused-ring (bicyclic) bond motifs is 3. The first kappa shape index (κ1) is 47.8. The topological polar surface area (TPSA) is 175 Å². The first-order chi connectivity index (χ1) is 33.5. The number of alkyl halides is 2. The molecule has 5 aliphatic rings. The van der Waals surface area contributed by atoms with E-state index in [1.165, 1.54) is 28.8 Å². The fraction of sp³-hybridized carbons (Fsp3) is 0.451. The SMILES string of the molecule is CC1(C)CCC(CN2CCN(c3ccc(C(=O)NS(=O)(=O)c4ccc(NCC5CCOCC5)c([N+](=O)[O-])c4)c(N4C[C@H]5CC(F)(F)C[C@@H]5Oc5nc6[nH]ccc6cc54)c3)CC2)=C(c2ccc(Cl)cc2)C1. The molecule has 0 bridgehead atoms. The van der Waals surface area contributed by atoms with Gasteiger partial charge >= 0.3 is 0 Å². The third-order valence-corrected chi connectivity index (χ3v) is 16.3. The van der Waals surface area contributed by atoms with E-state index in [1.807, 2.05) is 30.3 Å². The van der Waals surface area contributed by atoms with Gasteiger partial charge in [-0.25, -0.2) is 21.9 Å². The van der Waals surface area contributed by atoms with Gasteiger partial charge in [0.05, 0.1) is 21.1 Å². The van der Waals surface area contributed by atoms with E-state index in [2.05, 4.69) is 50.8 Å². The van der Waals surface area contributed by atoms with E-state index >= 15 is 8.78 Å². The molecule has 15 nitrogen and oxygen atoms in total. The van der Waals surface area contributed by atoms with Crippen LogP contribution in [0.25, 0.3) is 16.6 Å². The number of H-pyrrole nitrogens is 1. The smallest absolute Gasteiger partial charge is 0.293 e. The highest BCUT2D eigenvalue weighted by molar-refractivity contribution is 7.90. The van der Waals surface area contributed by atoms with Crippen LogP contribution in [0.15, 0.2) is 89.5 Å². The number of sulfonamides is 1. The van der Waals surface area contributed by atoms with Crippen molar-refractivity contribution < 1.29 is 36.4 Å². The third kappa shape index (κ3) is 10.2. The van der Waals surface area contributed by atoms with Crippen LogP contribution in [0, 0.1) is 27.4 Å². The second kappa shape index (κ2) is 19.1. The normalized spacial score (nSPS) is 21.7. The molecular weight excluding hydrogens is 942 g/mol. The quantitative estimate of drug-likeness (QED) is 0.0799.